The minimum absolute atomic E-state index is 0.177. The van der Waals surface area contributed by atoms with Crippen molar-refractivity contribution in [2.24, 2.45) is 0 Å². The van der Waals surface area contributed by atoms with E-state index in [1.54, 1.807) is 0 Å². The van der Waals surface area contributed by atoms with Crippen LogP contribution in [0.4, 0.5) is 0 Å². The SMILES string of the molecule is O=c1nc(C2CCCN2)c2c([nH]1)CCCC2. The first-order chi connectivity index (χ1) is 7.84. The van der Waals surface area contributed by atoms with E-state index in [1.165, 1.54) is 24.8 Å². The van der Waals surface area contributed by atoms with Gasteiger partial charge in [0.05, 0.1) is 11.7 Å². The number of aryl methyl sites for hydroxylation is 1. The number of nitrogens with one attached hydrogen (secondary N) is 2. The number of aromatic amines is 1. The molecule has 0 aromatic carbocycles. The molecule has 1 aromatic heterocycles. The van der Waals surface area contributed by atoms with Crippen LogP contribution in [0.3, 0.4) is 0 Å². The molecule has 1 atom stereocenters. The summed E-state index contributed by atoms with van der Waals surface area (Å²) < 4.78 is 0. The molecule has 1 fully saturated rings. The van der Waals surface area contributed by atoms with E-state index in [0.29, 0.717) is 6.04 Å². The Bertz CT molecular complexity index is 446. The maximum atomic E-state index is 11.5. The summed E-state index contributed by atoms with van der Waals surface area (Å²) in [5.41, 5.74) is 3.29. The predicted molar refractivity (Wildman–Crippen MR) is 61.5 cm³/mol. The largest absolute Gasteiger partial charge is 0.345 e. The van der Waals surface area contributed by atoms with Crippen LogP contribution in [0.25, 0.3) is 0 Å². The molecule has 2 aliphatic rings. The first kappa shape index (κ1) is 10.0. The number of nitrogens with zero attached hydrogens (tertiary/aromatic N) is 1. The zero-order chi connectivity index (χ0) is 11.0. The van der Waals surface area contributed by atoms with Crippen molar-refractivity contribution in [2.75, 3.05) is 6.54 Å². The molecule has 3 rings (SSSR count). The van der Waals surface area contributed by atoms with Crippen LogP contribution in [-0.2, 0) is 12.8 Å². The molecule has 0 radical (unpaired) electrons. The van der Waals surface area contributed by atoms with Gasteiger partial charge in [-0.15, -0.1) is 0 Å². The fraction of sp³-hybridized carbons (Fsp3) is 0.667. The lowest BCUT2D eigenvalue weighted by Gasteiger charge is -2.20. The van der Waals surface area contributed by atoms with Gasteiger partial charge in [-0.3, -0.25) is 0 Å². The summed E-state index contributed by atoms with van der Waals surface area (Å²) in [6.45, 7) is 1.05. The van der Waals surface area contributed by atoms with Crippen LogP contribution < -0.4 is 11.0 Å². The molecule has 1 aliphatic carbocycles. The van der Waals surface area contributed by atoms with E-state index in [1.807, 2.05) is 0 Å². The van der Waals surface area contributed by atoms with Crippen molar-refractivity contribution < 1.29 is 0 Å². The van der Waals surface area contributed by atoms with Gasteiger partial charge in [-0.05, 0) is 50.6 Å². The average molecular weight is 219 g/mol. The van der Waals surface area contributed by atoms with Gasteiger partial charge in [0.2, 0.25) is 0 Å². The van der Waals surface area contributed by atoms with Crippen LogP contribution in [0.2, 0.25) is 0 Å². The summed E-state index contributed by atoms with van der Waals surface area (Å²) in [6.07, 6.45) is 6.79. The quantitative estimate of drug-likeness (QED) is 0.743. The molecule has 1 unspecified atom stereocenters. The maximum absolute atomic E-state index is 11.5. The summed E-state index contributed by atoms with van der Waals surface area (Å²) in [4.78, 5) is 18.6. The first-order valence-electron chi connectivity index (χ1n) is 6.20. The first-order valence-corrected chi connectivity index (χ1v) is 6.20. The van der Waals surface area contributed by atoms with E-state index in [9.17, 15) is 4.79 Å². The molecule has 0 saturated carbocycles. The summed E-state index contributed by atoms with van der Waals surface area (Å²) in [5, 5.41) is 3.43. The highest BCUT2D eigenvalue weighted by Gasteiger charge is 2.24. The molecular formula is C12H17N3O. The van der Waals surface area contributed by atoms with Gasteiger partial charge >= 0.3 is 5.69 Å². The minimum atomic E-state index is -0.177. The lowest BCUT2D eigenvalue weighted by molar-refractivity contribution is 0.581. The molecule has 2 N–H and O–H groups in total. The molecule has 1 aliphatic heterocycles. The number of hydrogen-bond acceptors (Lipinski definition) is 3. The van der Waals surface area contributed by atoms with Gasteiger partial charge in [0.15, 0.2) is 0 Å². The zero-order valence-electron chi connectivity index (χ0n) is 9.38. The highest BCUT2D eigenvalue weighted by molar-refractivity contribution is 5.29. The van der Waals surface area contributed by atoms with Gasteiger partial charge in [-0.25, -0.2) is 4.79 Å². The van der Waals surface area contributed by atoms with Gasteiger partial charge in [-0.2, -0.15) is 4.98 Å². The second kappa shape index (κ2) is 4.01. The molecular weight excluding hydrogens is 202 g/mol. The summed E-state index contributed by atoms with van der Waals surface area (Å²) >= 11 is 0. The van der Waals surface area contributed by atoms with Crippen LogP contribution in [-0.4, -0.2) is 16.5 Å². The Morgan fingerprint density at radius 3 is 2.88 bits per heavy atom. The number of hydrogen-bond donors (Lipinski definition) is 2. The molecule has 1 saturated heterocycles. The van der Waals surface area contributed by atoms with Crippen LogP contribution in [0.1, 0.15) is 48.7 Å². The van der Waals surface area contributed by atoms with Crippen LogP contribution in [0, 0.1) is 0 Å². The fourth-order valence-corrected chi connectivity index (χ4v) is 2.87. The van der Waals surface area contributed by atoms with E-state index >= 15 is 0 Å². The second-order valence-electron chi connectivity index (χ2n) is 4.74. The van der Waals surface area contributed by atoms with E-state index in [2.05, 4.69) is 15.3 Å². The van der Waals surface area contributed by atoms with Crippen molar-refractivity contribution in [2.45, 2.75) is 44.6 Å². The average Bonchev–Trinajstić information content (AvgIpc) is 2.81. The predicted octanol–water partition coefficient (Wildman–Crippen LogP) is 1.07. The van der Waals surface area contributed by atoms with Crippen molar-refractivity contribution in [3.8, 4) is 0 Å². The van der Waals surface area contributed by atoms with Crippen LogP contribution in [0.15, 0.2) is 4.79 Å². The van der Waals surface area contributed by atoms with Gasteiger partial charge in [-0.1, -0.05) is 0 Å². The molecule has 0 spiro atoms. The van der Waals surface area contributed by atoms with Crippen molar-refractivity contribution in [1.82, 2.24) is 15.3 Å². The standard InChI is InChI=1S/C12H17N3O/c16-12-14-9-5-2-1-4-8(9)11(15-12)10-6-3-7-13-10/h10,13H,1-7H2,(H,14,15,16). The number of rotatable bonds is 1. The van der Waals surface area contributed by atoms with E-state index in [4.69, 9.17) is 0 Å². The Hall–Kier alpha value is -1.16. The van der Waals surface area contributed by atoms with Crippen molar-refractivity contribution in [3.05, 3.63) is 27.4 Å². The Morgan fingerprint density at radius 2 is 2.06 bits per heavy atom. The lowest BCUT2D eigenvalue weighted by Crippen LogP contribution is -2.26. The molecule has 0 amide bonds. The summed E-state index contributed by atoms with van der Waals surface area (Å²) in [7, 11) is 0. The molecule has 0 bridgehead atoms. The van der Waals surface area contributed by atoms with Gasteiger partial charge in [0, 0.05) is 5.69 Å². The van der Waals surface area contributed by atoms with Crippen molar-refractivity contribution in [3.63, 3.8) is 0 Å². The molecule has 1 aromatic rings. The lowest BCUT2D eigenvalue weighted by atomic mass is 9.92. The highest BCUT2D eigenvalue weighted by Crippen LogP contribution is 2.28. The Balaban J connectivity index is 2.08. The number of aromatic nitrogens is 2. The molecule has 4 nitrogen and oxygen atoms in total. The van der Waals surface area contributed by atoms with Crippen molar-refractivity contribution >= 4 is 0 Å². The Morgan fingerprint density at radius 1 is 1.19 bits per heavy atom. The van der Waals surface area contributed by atoms with Crippen LogP contribution >= 0.6 is 0 Å². The number of H-pyrrole nitrogens is 1. The Kier molecular flexibility index (Phi) is 2.52. The second-order valence-corrected chi connectivity index (χ2v) is 4.74. The summed E-state index contributed by atoms with van der Waals surface area (Å²) in [6, 6.07) is 0.314. The minimum Gasteiger partial charge on any atom is -0.310 e. The molecule has 86 valence electrons. The smallest absolute Gasteiger partial charge is 0.310 e. The number of fused-ring (bicyclic) bond motifs is 1. The normalized spacial score (nSPS) is 24.4. The zero-order valence-corrected chi connectivity index (χ0v) is 9.38. The Labute approximate surface area is 94.5 Å². The highest BCUT2D eigenvalue weighted by atomic mass is 16.1. The van der Waals surface area contributed by atoms with Crippen molar-refractivity contribution in [1.29, 1.82) is 0 Å². The van der Waals surface area contributed by atoms with Gasteiger partial charge < -0.3 is 10.3 Å². The fourth-order valence-electron chi connectivity index (χ4n) is 2.87. The maximum Gasteiger partial charge on any atom is 0.345 e. The third-order valence-corrected chi connectivity index (χ3v) is 3.65. The molecule has 16 heavy (non-hydrogen) atoms. The third-order valence-electron chi connectivity index (χ3n) is 3.65. The van der Waals surface area contributed by atoms with Gasteiger partial charge in [0.1, 0.15) is 0 Å². The van der Waals surface area contributed by atoms with E-state index in [-0.39, 0.29) is 5.69 Å². The van der Waals surface area contributed by atoms with E-state index < -0.39 is 0 Å². The molecule has 4 heteroatoms. The monoisotopic (exact) mass is 219 g/mol. The van der Waals surface area contributed by atoms with Crippen LogP contribution in [0.5, 0.6) is 0 Å². The third kappa shape index (κ3) is 1.67. The van der Waals surface area contributed by atoms with Gasteiger partial charge in [0.25, 0.3) is 0 Å². The molecule has 2 heterocycles. The summed E-state index contributed by atoms with van der Waals surface area (Å²) in [5.74, 6) is 0. The van der Waals surface area contributed by atoms with E-state index in [0.717, 1.165) is 37.2 Å². The topological polar surface area (TPSA) is 57.8 Å².